The van der Waals surface area contributed by atoms with E-state index in [0.717, 1.165) is 47.5 Å². The Bertz CT molecular complexity index is 833. The highest BCUT2D eigenvalue weighted by Gasteiger charge is 2.20. The number of para-hydroxylation sites is 1. The molecule has 0 spiro atoms. The van der Waals surface area contributed by atoms with Crippen molar-refractivity contribution in [2.45, 2.75) is 19.8 Å². The van der Waals surface area contributed by atoms with Crippen LogP contribution in [0, 0.1) is 5.92 Å². The zero-order valence-electron chi connectivity index (χ0n) is 14.1. The molecule has 0 amide bonds. The van der Waals surface area contributed by atoms with Crippen molar-refractivity contribution in [3.8, 4) is 0 Å². The van der Waals surface area contributed by atoms with Crippen molar-refractivity contribution in [2.75, 3.05) is 23.3 Å². The second kappa shape index (κ2) is 6.11. The molecule has 6 nitrogen and oxygen atoms in total. The summed E-state index contributed by atoms with van der Waals surface area (Å²) in [5.41, 5.74) is 1.87. The van der Waals surface area contributed by atoms with Crippen LogP contribution in [-0.4, -0.2) is 32.8 Å². The Morgan fingerprint density at radius 2 is 1.83 bits per heavy atom. The fourth-order valence-corrected chi connectivity index (χ4v) is 3.11. The first-order chi connectivity index (χ1) is 11.7. The first-order valence-electron chi connectivity index (χ1n) is 8.47. The Hall–Kier alpha value is -2.63. The van der Waals surface area contributed by atoms with E-state index >= 15 is 0 Å². The van der Waals surface area contributed by atoms with E-state index in [1.807, 2.05) is 48.3 Å². The number of hydrogen-bond acceptors (Lipinski definition) is 5. The number of anilines is 3. The van der Waals surface area contributed by atoms with E-state index in [-0.39, 0.29) is 0 Å². The number of fused-ring (bicyclic) bond motifs is 1. The van der Waals surface area contributed by atoms with Gasteiger partial charge in [-0.3, -0.25) is 4.68 Å². The summed E-state index contributed by atoms with van der Waals surface area (Å²) in [5.74, 6) is 2.38. The second-order valence-electron chi connectivity index (χ2n) is 6.54. The van der Waals surface area contributed by atoms with Crippen LogP contribution in [0.5, 0.6) is 0 Å². The number of aryl methyl sites for hydroxylation is 1. The van der Waals surface area contributed by atoms with Gasteiger partial charge in [0.25, 0.3) is 0 Å². The fourth-order valence-electron chi connectivity index (χ4n) is 3.11. The van der Waals surface area contributed by atoms with Gasteiger partial charge in [0, 0.05) is 25.8 Å². The van der Waals surface area contributed by atoms with E-state index in [0.29, 0.717) is 0 Å². The summed E-state index contributed by atoms with van der Waals surface area (Å²) in [6.45, 7) is 4.33. The number of hydrogen-bond donors (Lipinski definition) is 1. The average molecular weight is 322 g/mol. The van der Waals surface area contributed by atoms with Crippen LogP contribution in [-0.2, 0) is 7.05 Å². The van der Waals surface area contributed by atoms with Gasteiger partial charge in [-0.1, -0.05) is 25.1 Å². The van der Waals surface area contributed by atoms with Gasteiger partial charge in [0.2, 0.25) is 5.95 Å². The van der Waals surface area contributed by atoms with Gasteiger partial charge in [0.15, 0.2) is 5.65 Å². The molecule has 124 valence electrons. The van der Waals surface area contributed by atoms with Gasteiger partial charge >= 0.3 is 0 Å². The summed E-state index contributed by atoms with van der Waals surface area (Å²) in [7, 11) is 1.92. The molecule has 0 atom stereocenters. The van der Waals surface area contributed by atoms with E-state index in [1.165, 1.54) is 12.8 Å². The molecular formula is C18H22N6. The summed E-state index contributed by atoms with van der Waals surface area (Å²) in [6.07, 6.45) is 4.20. The molecule has 3 heterocycles. The standard InChI is InChI=1S/C18H22N6/c1-13-8-10-24(11-9-13)18-21-16(20-14-6-4-3-5-7-14)15-12-19-23(2)17(15)22-18/h3-7,12-13H,8-11H2,1-2H3,(H,20,21,22). The molecule has 0 radical (unpaired) electrons. The molecule has 2 aromatic heterocycles. The van der Waals surface area contributed by atoms with Crippen LogP contribution >= 0.6 is 0 Å². The third-order valence-corrected chi connectivity index (χ3v) is 4.68. The lowest BCUT2D eigenvalue weighted by Crippen LogP contribution is -2.34. The van der Waals surface area contributed by atoms with Crippen molar-refractivity contribution in [2.24, 2.45) is 13.0 Å². The predicted molar refractivity (Wildman–Crippen MR) is 96.6 cm³/mol. The number of rotatable bonds is 3. The number of nitrogens with one attached hydrogen (secondary N) is 1. The van der Waals surface area contributed by atoms with Gasteiger partial charge in [-0.25, -0.2) is 0 Å². The summed E-state index contributed by atoms with van der Waals surface area (Å²) >= 11 is 0. The molecule has 1 aliphatic rings. The van der Waals surface area contributed by atoms with Gasteiger partial charge in [0.1, 0.15) is 5.82 Å². The Balaban J connectivity index is 1.74. The largest absolute Gasteiger partial charge is 0.341 e. The highest BCUT2D eigenvalue weighted by molar-refractivity contribution is 5.89. The topological polar surface area (TPSA) is 58.9 Å². The third kappa shape index (κ3) is 2.79. The van der Waals surface area contributed by atoms with E-state index in [4.69, 9.17) is 9.97 Å². The van der Waals surface area contributed by atoms with Gasteiger partial charge in [-0.2, -0.15) is 15.1 Å². The minimum Gasteiger partial charge on any atom is -0.341 e. The van der Waals surface area contributed by atoms with Crippen LogP contribution in [0.25, 0.3) is 11.0 Å². The zero-order valence-corrected chi connectivity index (χ0v) is 14.1. The maximum absolute atomic E-state index is 4.81. The Labute approximate surface area is 141 Å². The minimum atomic E-state index is 0.781. The highest BCUT2D eigenvalue weighted by Crippen LogP contribution is 2.27. The van der Waals surface area contributed by atoms with Gasteiger partial charge in [-0.05, 0) is 30.9 Å². The van der Waals surface area contributed by atoms with Gasteiger partial charge < -0.3 is 10.2 Å². The maximum atomic E-state index is 4.81. The third-order valence-electron chi connectivity index (χ3n) is 4.68. The molecule has 1 fully saturated rings. The zero-order chi connectivity index (χ0) is 16.5. The molecule has 3 aromatic rings. The first-order valence-corrected chi connectivity index (χ1v) is 8.47. The lowest BCUT2D eigenvalue weighted by molar-refractivity contribution is 0.434. The van der Waals surface area contributed by atoms with Crippen molar-refractivity contribution in [1.29, 1.82) is 0 Å². The van der Waals surface area contributed by atoms with Crippen LogP contribution in [0.2, 0.25) is 0 Å². The lowest BCUT2D eigenvalue weighted by atomic mass is 10.00. The molecular weight excluding hydrogens is 300 g/mol. The average Bonchev–Trinajstić information content (AvgIpc) is 2.98. The van der Waals surface area contributed by atoms with Crippen molar-refractivity contribution in [3.63, 3.8) is 0 Å². The van der Waals surface area contributed by atoms with E-state index in [2.05, 4.69) is 22.2 Å². The Morgan fingerprint density at radius 1 is 1.08 bits per heavy atom. The van der Waals surface area contributed by atoms with Crippen LogP contribution in [0.4, 0.5) is 17.5 Å². The molecule has 0 bridgehead atoms. The normalized spacial score (nSPS) is 15.8. The van der Waals surface area contributed by atoms with Crippen molar-refractivity contribution in [1.82, 2.24) is 19.7 Å². The lowest BCUT2D eigenvalue weighted by Gasteiger charge is -2.30. The van der Waals surface area contributed by atoms with E-state index in [9.17, 15) is 0 Å². The van der Waals surface area contributed by atoms with Crippen LogP contribution in [0.3, 0.4) is 0 Å². The van der Waals surface area contributed by atoms with E-state index in [1.54, 1.807) is 0 Å². The van der Waals surface area contributed by atoms with Crippen LogP contribution in [0.1, 0.15) is 19.8 Å². The molecule has 1 saturated heterocycles. The van der Waals surface area contributed by atoms with Gasteiger partial charge in [0.05, 0.1) is 11.6 Å². The SMILES string of the molecule is CC1CCN(c2nc(Nc3ccccc3)c3cnn(C)c3n2)CC1. The molecule has 6 heteroatoms. The van der Waals surface area contributed by atoms with Crippen molar-refractivity contribution < 1.29 is 0 Å². The first kappa shape index (κ1) is 14.9. The molecule has 1 aliphatic heterocycles. The fraction of sp³-hybridized carbons (Fsp3) is 0.389. The summed E-state index contributed by atoms with van der Waals surface area (Å²) < 4.78 is 1.81. The van der Waals surface area contributed by atoms with Crippen LogP contribution in [0.15, 0.2) is 36.5 Å². The number of aromatic nitrogens is 4. The Kier molecular flexibility index (Phi) is 3.80. The molecule has 0 unspecified atom stereocenters. The molecule has 24 heavy (non-hydrogen) atoms. The van der Waals surface area contributed by atoms with Crippen molar-refractivity contribution >= 4 is 28.5 Å². The minimum absolute atomic E-state index is 0.781. The summed E-state index contributed by atoms with van der Waals surface area (Å²) in [4.78, 5) is 11.8. The molecule has 0 saturated carbocycles. The predicted octanol–water partition coefficient (Wildman–Crippen LogP) is 3.34. The molecule has 1 aromatic carbocycles. The molecule has 1 N–H and O–H groups in total. The monoisotopic (exact) mass is 322 g/mol. The number of benzene rings is 1. The van der Waals surface area contributed by atoms with Gasteiger partial charge in [-0.15, -0.1) is 0 Å². The van der Waals surface area contributed by atoms with Crippen LogP contribution < -0.4 is 10.2 Å². The number of nitrogens with zero attached hydrogens (tertiary/aromatic N) is 5. The number of piperidine rings is 1. The molecule has 0 aliphatic carbocycles. The quantitative estimate of drug-likeness (QED) is 0.801. The Morgan fingerprint density at radius 3 is 2.58 bits per heavy atom. The maximum Gasteiger partial charge on any atom is 0.229 e. The van der Waals surface area contributed by atoms with E-state index < -0.39 is 0 Å². The second-order valence-corrected chi connectivity index (χ2v) is 6.54. The summed E-state index contributed by atoms with van der Waals surface area (Å²) in [5, 5.41) is 8.71. The smallest absolute Gasteiger partial charge is 0.229 e. The summed E-state index contributed by atoms with van der Waals surface area (Å²) in [6, 6.07) is 10.1. The highest BCUT2D eigenvalue weighted by atomic mass is 15.3. The molecule has 4 rings (SSSR count). The van der Waals surface area contributed by atoms with Crippen molar-refractivity contribution in [3.05, 3.63) is 36.5 Å².